The van der Waals surface area contributed by atoms with Crippen LogP contribution in [0, 0.1) is 5.82 Å². The fourth-order valence-electron chi connectivity index (χ4n) is 1.99. The largest absolute Gasteiger partial charge is 0.492 e. The predicted octanol–water partition coefficient (Wildman–Crippen LogP) is 3.22. The van der Waals surface area contributed by atoms with Gasteiger partial charge in [0.2, 0.25) is 0 Å². The number of nitrogens with zero attached hydrogens (tertiary/aromatic N) is 1. The number of nitrogens with two attached hydrogens (primary N) is 1. The Labute approximate surface area is 128 Å². The smallest absolute Gasteiger partial charge is 0.137 e. The molecule has 21 heavy (non-hydrogen) atoms. The third kappa shape index (κ3) is 3.91. The number of ether oxygens (including phenoxy) is 1. The van der Waals surface area contributed by atoms with Crippen LogP contribution in [0.4, 0.5) is 4.39 Å². The maximum atomic E-state index is 13.2. The minimum atomic E-state index is -0.393. The number of pyridine rings is 1. The molecule has 3 N–H and O–H groups in total. The van der Waals surface area contributed by atoms with E-state index in [9.17, 15) is 4.39 Å². The third-order valence-electron chi connectivity index (χ3n) is 2.98. The van der Waals surface area contributed by atoms with Crippen LogP contribution in [0.1, 0.15) is 30.5 Å². The summed E-state index contributed by atoms with van der Waals surface area (Å²) in [6.07, 6.45) is 4.22. The monoisotopic (exact) mass is 309 g/mol. The average molecular weight is 310 g/mol. The van der Waals surface area contributed by atoms with Crippen molar-refractivity contribution in [2.75, 3.05) is 6.61 Å². The maximum Gasteiger partial charge on any atom is 0.137 e. The second-order valence-corrected chi connectivity index (χ2v) is 4.98. The van der Waals surface area contributed by atoms with Gasteiger partial charge in [0, 0.05) is 11.2 Å². The van der Waals surface area contributed by atoms with Gasteiger partial charge in [-0.3, -0.25) is 10.8 Å². The van der Waals surface area contributed by atoms with Crippen molar-refractivity contribution < 1.29 is 9.13 Å². The highest BCUT2D eigenvalue weighted by molar-refractivity contribution is 6.31. The van der Waals surface area contributed by atoms with E-state index in [2.05, 4.69) is 10.4 Å². The Hall–Kier alpha value is -1.69. The molecule has 1 unspecified atom stereocenters. The van der Waals surface area contributed by atoms with E-state index >= 15 is 0 Å². The van der Waals surface area contributed by atoms with Crippen molar-refractivity contribution in [1.29, 1.82) is 0 Å². The third-order valence-corrected chi connectivity index (χ3v) is 3.31. The molecule has 1 aromatic heterocycles. The first-order valence-corrected chi connectivity index (χ1v) is 7.02. The van der Waals surface area contributed by atoms with Crippen LogP contribution in [0.2, 0.25) is 5.02 Å². The standard InChI is InChI=1S/C15H17ClFN3O/c1-2-5-21-12-6-10(8-19-9-12)15(20-18)13-4-3-11(17)7-14(13)16/h3-4,6-9,15,20H,2,5,18H2,1H3. The first kappa shape index (κ1) is 15.7. The van der Waals surface area contributed by atoms with Crippen molar-refractivity contribution in [2.45, 2.75) is 19.4 Å². The van der Waals surface area contributed by atoms with Crippen molar-refractivity contribution in [3.63, 3.8) is 0 Å². The van der Waals surface area contributed by atoms with Crippen LogP contribution in [0.3, 0.4) is 0 Å². The van der Waals surface area contributed by atoms with Crippen LogP contribution in [0.5, 0.6) is 5.75 Å². The van der Waals surface area contributed by atoms with Gasteiger partial charge in [0.25, 0.3) is 0 Å². The Kier molecular flexibility index (Phi) is 5.50. The SMILES string of the molecule is CCCOc1cncc(C(NN)c2ccc(F)cc2Cl)c1. The van der Waals surface area contributed by atoms with Crippen molar-refractivity contribution >= 4 is 11.6 Å². The first-order chi connectivity index (χ1) is 10.2. The summed E-state index contributed by atoms with van der Waals surface area (Å²) in [6, 6.07) is 5.65. The summed E-state index contributed by atoms with van der Waals surface area (Å²) in [4.78, 5) is 4.14. The molecule has 0 aliphatic carbocycles. The van der Waals surface area contributed by atoms with Crippen molar-refractivity contribution in [3.8, 4) is 5.75 Å². The summed E-state index contributed by atoms with van der Waals surface area (Å²) in [5, 5.41) is 0.304. The summed E-state index contributed by atoms with van der Waals surface area (Å²) in [6.45, 7) is 2.64. The lowest BCUT2D eigenvalue weighted by Gasteiger charge is -2.18. The fraction of sp³-hybridized carbons (Fsp3) is 0.267. The number of benzene rings is 1. The summed E-state index contributed by atoms with van der Waals surface area (Å²) < 4.78 is 18.7. The van der Waals surface area contributed by atoms with E-state index in [1.807, 2.05) is 13.0 Å². The van der Waals surface area contributed by atoms with Gasteiger partial charge in [-0.25, -0.2) is 9.82 Å². The van der Waals surface area contributed by atoms with Crippen LogP contribution < -0.4 is 16.0 Å². The lowest BCUT2D eigenvalue weighted by atomic mass is 10.0. The maximum absolute atomic E-state index is 13.2. The summed E-state index contributed by atoms with van der Waals surface area (Å²) in [7, 11) is 0. The fourth-order valence-corrected chi connectivity index (χ4v) is 2.27. The number of hydrazine groups is 1. The molecule has 1 aromatic carbocycles. The number of hydrogen-bond acceptors (Lipinski definition) is 4. The van der Waals surface area contributed by atoms with E-state index in [1.54, 1.807) is 18.5 Å². The van der Waals surface area contributed by atoms with Gasteiger partial charge in [-0.05, 0) is 35.7 Å². The lowest BCUT2D eigenvalue weighted by molar-refractivity contribution is 0.315. The minimum absolute atomic E-state index is 0.304. The van der Waals surface area contributed by atoms with Crippen LogP contribution in [0.25, 0.3) is 0 Å². The molecular formula is C15H17ClFN3O. The van der Waals surface area contributed by atoms with E-state index in [4.69, 9.17) is 22.2 Å². The molecule has 6 heteroatoms. The molecule has 0 spiro atoms. The normalized spacial score (nSPS) is 12.2. The van der Waals surface area contributed by atoms with Gasteiger partial charge in [-0.1, -0.05) is 24.6 Å². The van der Waals surface area contributed by atoms with Gasteiger partial charge < -0.3 is 4.74 Å². The molecule has 0 fully saturated rings. The molecule has 0 saturated heterocycles. The molecule has 112 valence electrons. The summed E-state index contributed by atoms with van der Waals surface area (Å²) in [5.74, 6) is 5.89. The first-order valence-electron chi connectivity index (χ1n) is 6.64. The van der Waals surface area contributed by atoms with Crippen LogP contribution in [-0.4, -0.2) is 11.6 Å². The van der Waals surface area contributed by atoms with E-state index in [0.717, 1.165) is 12.0 Å². The molecule has 2 rings (SSSR count). The summed E-state index contributed by atoms with van der Waals surface area (Å²) >= 11 is 6.09. The predicted molar refractivity (Wildman–Crippen MR) is 80.6 cm³/mol. The van der Waals surface area contributed by atoms with Gasteiger partial charge in [0.05, 0.1) is 18.8 Å². The Balaban J connectivity index is 2.32. The highest BCUT2D eigenvalue weighted by Crippen LogP contribution is 2.29. The second-order valence-electron chi connectivity index (χ2n) is 4.57. The lowest BCUT2D eigenvalue weighted by Crippen LogP contribution is -2.29. The topological polar surface area (TPSA) is 60.2 Å². The Bertz CT molecular complexity index is 609. The molecule has 2 aromatic rings. The number of rotatable bonds is 6. The molecular weight excluding hydrogens is 293 g/mol. The van der Waals surface area contributed by atoms with Crippen LogP contribution in [0.15, 0.2) is 36.7 Å². The minimum Gasteiger partial charge on any atom is -0.492 e. The number of hydrogen-bond donors (Lipinski definition) is 2. The Morgan fingerprint density at radius 2 is 2.19 bits per heavy atom. The van der Waals surface area contributed by atoms with Gasteiger partial charge in [-0.2, -0.15) is 0 Å². The molecule has 0 aliphatic heterocycles. The zero-order chi connectivity index (χ0) is 15.2. The van der Waals surface area contributed by atoms with Crippen LogP contribution in [-0.2, 0) is 0 Å². The number of nitrogens with one attached hydrogen (secondary N) is 1. The number of aromatic nitrogens is 1. The van der Waals surface area contributed by atoms with Gasteiger partial charge in [0.1, 0.15) is 11.6 Å². The molecule has 1 heterocycles. The highest BCUT2D eigenvalue weighted by Gasteiger charge is 2.17. The molecule has 0 radical (unpaired) electrons. The number of halogens is 2. The van der Waals surface area contributed by atoms with Crippen molar-refractivity contribution in [1.82, 2.24) is 10.4 Å². The molecule has 0 aliphatic rings. The second kappa shape index (κ2) is 7.36. The molecule has 0 bridgehead atoms. The summed E-state index contributed by atoms with van der Waals surface area (Å²) in [5.41, 5.74) is 4.14. The molecule has 4 nitrogen and oxygen atoms in total. The van der Waals surface area contributed by atoms with Crippen LogP contribution >= 0.6 is 11.6 Å². The highest BCUT2D eigenvalue weighted by atomic mass is 35.5. The zero-order valence-corrected chi connectivity index (χ0v) is 12.4. The molecule has 0 saturated carbocycles. The Morgan fingerprint density at radius 3 is 2.86 bits per heavy atom. The zero-order valence-electron chi connectivity index (χ0n) is 11.6. The van der Waals surface area contributed by atoms with Crippen molar-refractivity contribution in [3.05, 3.63) is 58.6 Å². The Morgan fingerprint density at radius 1 is 1.38 bits per heavy atom. The van der Waals surface area contributed by atoms with E-state index < -0.39 is 11.9 Å². The van der Waals surface area contributed by atoms with E-state index in [-0.39, 0.29) is 0 Å². The van der Waals surface area contributed by atoms with Gasteiger partial charge >= 0.3 is 0 Å². The van der Waals surface area contributed by atoms with Gasteiger partial charge in [-0.15, -0.1) is 0 Å². The van der Waals surface area contributed by atoms with Crippen molar-refractivity contribution in [2.24, 2.45) is 5.84 Å². The quantitative estimate of drug-likeness (QED) is 0.635. The van der Waals surface area contributed by atoms with Gasteiger partial charge in [0.15, 0.2) is 0 Å². The molecule has 1 atom stereocenters. The van der Waals surface area contributed by atoms with E-state index in [0.29, 0.717) is 22.9 Å². The molecule has 0 amide bonds. The average Bonchev–Trinajstić information content (AvgIpc) is 2.48. The van der Waals surface area contributed by atoms with E-state index in [1.165, 1.54) is 12.1 Å².